The third-order valence-corrected chi connectivity index (χ3v) is 4.25. The number of piperidine rings is 1. The minimum Gasteiger partial charge on any atom is -0.424 e. The predicted molar refractivity (Wildman–Crippen MR) is 87.6 cm³/mol. The first-order chi connectivity index (χ1) is 11.1. The van der Waals surface area contributed by atoms with Crippen molar-refractivity contribution < 1.29 is 9.21 Å². The lowest BCUT2D eigenvalue weighted by molar-refractivity contribution is -0.121. The molecule has 23 heavy (non-hydrogen) atoms. The Morgan fingerprint density at radius 2 is 2.35 bits per heavy atom. The number of carbonyl (C=O) groups is 1. The normalized spacial score (nSPS) is 18.8. The number of aryl methyl sites for hydroxylation is 1. The van der Waals surface area contributed by atoms with E-state index < -0.39 is 0 Å². The van der Waals surface area contributed by atoms with Gasteiger partial charge in [0.1, 0.15) is 5.82 Å². The van der Waals surface area contributed by atoms with Gasteiger partial charge in [0.15, 0.2) is 0 Å². The molecular weight excluding hydrogens is 362 g/mol. The van der Waals surface area contributed by atoms with Crippen molar-refractivity contribution in [1.29, 1.82) is 0 Å². The van der Waals surface area contributed by atoms with Crippen LogP contribution in [-0.2, 0) is 11.3 Å². The first-order valence-electron chi connectivity index (χ1n) is 7.54. The molecule has 0 bridgehead atoms. The van der Waals surface area contributed by atoms with Crippen LogP contribution in [0.1, 0.15) is 24.6 Å². The first-order valence-corrected chi connectivity index (χ1v) is 8.33. The molecule has 3 heterocycles. The third-order valence-electron chi connectivity index (χ3n) is 3.78. The third kappa shape index (κ3) is 4.35. The highest BCUT2D eigenvalue weighted by molar-refractivity contribution is 9.10. The van der Waals surface area contributed by atoms with E-state index in [1.165, 1.54) is 0 Å². The van der Waals surface area contributed by atoms with Gasteiger partial charge in [-0.15, -0.1) is 10.2 Å². The van der Waals surface area contributed by atoms with Gasteiger partial charge in [0.25, 0.3) is 0 Å². The van der Waals surface area contributed by atoms with Crippen LogP contribution in [0.15, 0.2) is 27.2 Å². The van der Waals surface area contributed by atoms with Gasteiger partial charge in [-0.3, -0.25) is 9.69 Å². The fourth-order valence-electron chi connectivity index (χ4n) is 2.68. The predicted octanol–water partition coefficient (Wildman–Crippen LogP) is 2.39. The van der Waals surface area contributed by atoms with E-state index in [-0.39, 0.29) is 11.8 Å². The molecule has 1 aliphatic heterocycles. The Balaban J connectivity index is 1.56. The van der Waals surface area contributed by atoms with Gasteiger partial charge in [-0.1, -0.05) is 0 Å². The van der Waals surface area contributed by atoms with Crippen LogP contribution in [-0.4, -0.2) is 39.1 Å². The second-order valence-corrected chi connectivity index (χ2v) is 6.56. The van der Waals surface area contributed by atoms with Crippen LogP contribution < -0.4 is 5.32 Å². The fraction of sp³-hybridized carbons (Fsp3) is 0.467. The molecule has 1 fully saturated rings. The van der Waals surface area contributed by atoms with Gasteiger partial charge in [0.05, 0.1) is 12.5 Å². The molecule has 3 rings (SSSR count). The van der Waals surface area contributed by atoms with Gasteiger partial charge >= 0.3 is 0 Å². The quantitative estimate of drug-likeness (QED) is 0.877. The van der Waals surface area contributed by atoms with Crippen molar-refractivity contribution in [2.24, 2.45) is 5.92 Å². The van der Waals surface area contributed by atoms with Crippen molar-refractivity contribution in [3.05, 3.63) is 34.6 Å². The molecule has 1 atom stereocenters. The van der Waals surface area contributed by atoms with E-state index in [1.54, 1.807) is 19.2 Å². The molecule has 1 saturated heterocycles. The topological polar surface area (TPSA) is 84.2 Å². The summed E-state index contributed by atoms with van der Waals surface area (Å²) in [5.74, 6) is 1.68. The van der Waals surface area contributed by atoms with Gasteiger partial charge in [-0.05, 0) is 47.4 Å². The molecule has 0 radical (unpaired) electrons. The molecule has 0 saturated carbocycles. The smallest absolute Gasteiger partial charge is 0.230 e. The van der Waals surface area contributed by atoms with E-state index >= 15 is 0 Å². The van der Waals surface area contributed by atoms with E-state index in [9.17, 15) is 4.79 Å². The molecule has 8 heteroatoms. The Morgan fingerprint density at radius 3 is 3.04 bits per heavy atom. The highest BCUT2D eigenvalue weighted by Gasteiger charge is 2.27. The van der Waals surface area contributed by atoms with Crippen molar-refractivity contribution in [2.45, 2.75) is 26.3 Å². The molecule has 7 nitrogen and oxygen atoms in total. The summed E-state index contributed by atoms with van der Waals surface area (Å²) >= 11 is 3.33. The van der Waals surface area contributed by atoms with Gasteiger partial charge in [-0.2, -0.15) is 0 Å². The standard InChI is InChI=1S/C15H18BrN5O2/c1-10-19-20-14(23-10)9-21-6-2-3-11(8-21)15(22)18-13-5-4-12(16)7-17-13/h4-5,7,11H,2-3,6,8-9H2,1H3,(H,17,18,22). The summed E-state index contributed by atoms with van der Waals surface area (Å²) in [4.78, 5) is 18.8. The van der Waals surface area contributed by atoms with E-state index in [0.717, 1.165) is 23.9 Å². The van der Waals surface area contributed by atoms with Crippen LogP contribution in [0.25, 0.3) is 0 Å². The lowest BCUT2D eigenvalue weighted by Crippen LogP contribution is -2.40. The zero-order valence-electron chi connectivity index (χ0n) is 12.8. The summed E-state index contributed by atoms with van der Waals surface area (Å²) in [6.45, 7) is 3.97. The molecule has 122 valence electrons. The van der Waals surface area contributed by atoms with Crippen molar-refractivity contribution in [3.63, 3.8) is 0 Å². The number of likely N-dealkylation sites (tertiary alicyclic amines) is 1. The minimum atomic E-state index is -0.0572. The molecule has 1 aliphatic rings. The molecule has 2 aromatic heterocycles. The monoisotopic (exact) mass is 379 g/mol. The lowest BCUT2D eigenvalue weighted by atomic mass is 9.97. The zero-order chi connectivity index (χ0) is 16.2. The maximum Gasteiger partial charge on any atom is 0.230 e. The number of hydrogen-bond acceptors (Lipinski definition) is 6. The number of carbonyl (C=O) groups excluding carboxylic acids is 1. The van der Waals surface area contributed by atoms with Crippen molar-refractivity contribution >= 4 is 27.7 Å². The molecule has 0 aromatic carbocycles. The number of nitrogens with zero attached hydrogens (tertiary/aromatic N) is 4. The summed E-state index contributed by atoms with van der Waals surface area (Å²) in [6, 6.07) is 3.64. The van der Waals surface area contributed by atoms with Crippen molar-refractivity contribution in [1.82, 2.24) is 20.1 Å². The summed E-state index contributed by atoms with van der Waals surface area (Å²) in [7, 11) is 0. The molecule has 1 amide bonds. The molecule has 0 aliphatic carbocycles. The second-order valence-electron chi connectivity index (χ2n) is 5.64. The summed E-state index contributed by atoms with van der Waals surface area (Å²) in [5, 5.41) is 10.7. The number of aromatic nitrogens is 3. The van der Waals surface area contributed by atoms with Gasteiger partial charge in [0, 0.05) is 24.1 Å². The Kier molecular flexibility index (Phi) is 5.02. The lowest BCUT2D eigenvalue weighted by Gasteiger charge is -2.30. The number of anilines is 1. The number of halogens is 1. The minimum absolute atomic E-state index is 0.00577. The van der Waals surface area contributed by atoms with Gasteiger partial charge in [0.2, 0.25) is 17.7 Å². The highest BCUT2D eigenvalue weighted by Crippen LogP contribution is 2.20. The molecule has 2 aromatic rings. The zero-order valence-corrected chi connectivity index (χ0v) is 14.4. The average molecular weight is 380 g/mol. The SMILES string of the molecule is Cc1nnc(CN2CCCC(C(=O)Nc3ccc(Br)cn3)C2)o1. The van der Waals surface area contributed by atoms with E-state index in [0.29, 0.717) is 30.7 Å². The van der Waals surface area contributed by atoms with Gasteiger partial charge in [-0.25, -0.2) is 4.98 Å². The van der Waals surface area contributed by atoms with Crippen LogP contribution in [0.3, 0.4) is 0 Å². The molecule has 1 N–H and O–H groups in total. The maximum atomic E-state index is 12.4. The van der Waals surface area contributed by atoms with Crippen LogP contribution >= 0.6 is 15.9 Å². The summed E-state index contributed by atoms with van der Waals surface area (Å²) in [5.41, 5.74) is 0. The van der Waals surface area contributed by atoms with Crippen LogP contribution in [0, 0.1) is 12.8 Å². The average Bonchev–Trinajstić information content (AvgIpc) is 2.95. The van der Waals surface area contributed by atoms with Crippen LogP contribution in [0.5, 0.6) is 0 Å². The molecule has 0 spiro atoms. The second kappa shape index (κ2) is 7.18. The number of rotatable bonds is 4. The number of hydrogen-bond donors (Lipinski definition) is 1. The van der Waals surface area contributed by atoms with E-state index in [2.05, 4.69) is 41.3 Å². The van der Waals surface area contributed by atoms with E-state index in [4.69, 9.17) is 4.42 Å². The molecular formula is C15H18BrN5O2. The van der Waals surface area contributed by atoms with Crippen LogP contribution in [0.2, 0.25) is 0 Å². The Bertz CT molecular complexity index is 673. The summed E-state index contributed by atoms with van der Waals surface area (Å²) in [6.07, 6.45) is 3.52. The number of amides is 1. The Hall–Kier alpha value is -1.80. The van der Waals surface area contributed by atoms with Crippen LogP contribution in [0.4, 0.5) is 5.82 Å². The van der Waals surface area contributed by atoms with Gasteiger partial charge < -0.3 is 9.73 Å². The fourth-order valence-corrected chi connectivity index (χ4v) is 2.92. The first kappa shape index (κ1) is 16.1. The van der Waals surface area contributed by atoms with E-state index in [1.807, 2.05) is 6.07 Å². The maximum absolute atomic E-state index is 12.4. The number of nitrogens with one attached hydrogen (secondary N) is 1. The van der Waals surface area contributed by atoms with Crippen molar-refractivity contribution in [2.75, 3.05) is 18.4 Å². The van der Waals surface area contributed by atoms with Crippen molar-refractivity contribution in [3.8, 4) is 0 Å². The summed E-state index contributed by atoms with van der Waals surface area (Å²) < 4.78 is 6.29. The highest BCUT2D eigenvalue weighted by atomic mass is 79.9. The molecule has 1 unspecified atom stereocenters. The largest absolute Gasteiger partial charge is 0.424 e. The Labute approximate surface area is 142 Å². The Morgan fingerprint density at radius 1 is 1.48 bits per heavy atom. The number of pyridine rings is 1.